The van der Waals surface area contributed by atoms with Gasteiger partial charge in [-0.05, 0) is 25.5 Å². The standard InChI is InChI=1S/C11H8N4/c1-7-3-11-14-6-9(4-12)15(11)8(2)10(7)5-13/h3,6H,1-2H3. The monoisotopic (exact) mass is 196 g/mol. The molecule has 0 atom stereocenters. The quantitative estimate of drug-likeness (QED) is 0.644. The van der Waals surface area contributed by atoms with Crippen LogP contribution in [-0.2, 0) is 0 Å². The third-order valence-electron chi connectivity index (χ3n) is 2.45. The average molecular weight is 196 g/mol. The molecule has 2 heterocycles. The number of hydrogen-bond acceptors (Lipinski definition) is 3. The number of aromatic nitrogens is 2. The van der Waals surface area contributed by atoms with Crippen LogP contribution in [0.15, 0.2) is 12.3 Å². The van der Waals surface area contributed by atoms with E-state index in [0.717, 1.165) is 11.3 Å². The van der Waals surface area contributed by atoms with Crippen LogP contribution < -0.4 is 0 Å². The van der Waals surface area contributed by atoms with Gasteiger partial charge in [0.15, 0.2) is 0 Å². The molecule has 0 unspecified atom stereocenters. The number of pyridine rings is 1. The lowest BCUT2D eigenvalue weighted by Crippen LogP contribution is -1.99. The van der Waals surface area contributed by atoms with E-state index in [0.29, 0.717) is 16.9 Å². The maximum atomic E-state index is 8.99. The SMILES string of the molecule is Cc1cc2ncc(C#N)n2c(C)c1C#N. The number of imidazole rings is 1. The molecule has 0 N–H and O–H groups in total. The molecule has 0 saturated carbocycles. The molecule has 2 aromatic heterocycles. The summed E-state index contributed by atoms with van der Waals surface area (Å²) >= 11 is 0. The minimum atomic E-state index is 0.457. The summed E-state index contributed by atoms with van der Waals surface area (Å²) in [7, 11) is 0. The molecule has 0 aromatic carbocycles. The second kappa shape index (κ2) is 3.11. The Labute approximate surface area is 87.0 Å². The first-order chi connectivity index (χ1) is 7.19. The van der Waals surface area contributed by atoms with E-state index in [1.807, 2.05) is 19.9 Å². The topological polar surface area (TPSA) is 64.9 Å². The van der Waals surface area contributed by atoms with Crippen molar-refractivity contribution in [2.45, 2.75) is 13.8 Å². The highest BCUT2D eigenvalue weighted by Crippen LogP contribution is 2.17. The highest BCUT2D eigenvalue weighted by molar-refractivity contribution is 5.54. The molecule has 4 heteroatoms. The molecule has 0 radical (unpaired) electrons. The summed E-state index contributed by atoms with van der Waals surface area (Å²) in [5, 5.41) is 17.9. The lowest BCUT2D eigenvalue weighted by atomic mass is 10.1. The Balaban J connectivity index is 2.99. The number of hydrogen-bond donors (Lipinski definition) is 0. The Kier molecular flexibility index (Phi) is 1.91. The van der Waals surface area contributed by atoms with E-state index in [9.17, 15) is 0 Å². The van der Waals surface area contributed by atoms with Crippen molar-refractivity contribution in [3.63, 3.8) is 0 Å². The van der Waals surface area contributed by atoms with Crippen LogP contribution in [0, 0.1) is 36.5 Å². The molecule has 0 aliphatic heterocycles. The smallest absolute Gasteiger partial charge is 0.144 e. The first-order valence-corrected chi connectivity index (χ1v) is 4.47. The Morgan fingerprint density at radius 3 is 2.60 bits per heavy atom. The average Bonchev–Trinajstić information content (AvgIpc) is 2.61. The minimum Gasteiger partial charge on any atom is -0.287 e. The van der Waals surface area contributed by atoms with Gasteiger partial charge in [0.2, 0.25) is 0 Å². The van der Waals surface area contributed by atoms with Crippen LogP contribution in [0.1, 0.15) is 22.5 Å². The van der Waals surface area contributed by atoms with E-state index in [4.69, 9.17) is 10.5 Å². The summed E-state index contributed by atoms with van der Waals surface area (Å²) in [5.41, 5.74) is 3.43. The minimum absolute atomic E-state index is 0.457. The number of nitriles is 2. The van der Waals surface area contributed by atoms with Crippen molar-refractivity contribution in [1.82, 2.24) is 9.38 Å². The van der Waals surface area contributed by atoms with E-state index in [1.165, 1.54) is 6.20 Å². The zero-order valence-electron chi connectivity index (χ0n) is 8.44. The molecule has 4 nitrogen and oxygen atoms in total. The lowest BCUT2D eigenvalue weighted by Gasteiger charge is -2.05. The van der Waals surface area contributed by atoms with Gasteiger partial charge in [0, 0.05) is 5.69 Å². The fraction of sp³-hybridized carbons (Fsp3) is 0.182. The first kappa shape index (κ1) is 9.23. The van der Waals surface area contributed by atoms with Gasteiger partial charge in [-0.3, -0.25) is 4.40 Å². The Morgan fingerprint density at radius 2 is 2.00 bits per heavy atom. The van der Waals surface area contributed by atoms with Crippen molar-refractivity contribution < 1.29 is 0 Å². The fourth-order valence-corrected chi connectivity index (χ4v) is 1.73. The second-order valence-corrected chi connectivity index (χ2v) is 3.35. The zero-order chi connectivity index (χ0) is 11.0. The zero-order valence-corrected chi connectivity index (χ0v) is 8.44. The van der Waals surface area contributed by atoms with Crippen LogP contribution in [-0.4, -0.2) is 9.38 Å². The summed E-state index contributed by atoms with van der Waals surface area (Å²) in [6.07, 6.45) is 1.52. The number of aryl methyl sites for hydroxylation is 2. The largest absolute Gasteiger partial charge is 0.287 e. The maximum Gasteiger partial charge on any atom is 0.144 e. The van der Waals surface area contributed by atoms with Gasteiger partial charge < -0.3 is 0 Å². The second-order valence-electron chi connectivity index (χ2n) is 3.35. The van der Waals surface area contributed by atoms with Gasteiger partial charge in [-0.15, -0.1) is 0 Å². The summed E-state index contributed by atoms with van der Waals surface area (Å²) in [6.45, 7) is 3.69. The van der Waals surface area contributed by atoms with Crippen LogP contribution in [0.5, 0.6) is 0 Å². The van der Waals surface area contributed by atoms with Gasteiger partial charge in [0.05, 0.1) is 11.8 Å². The van der Waals surface area contributed by atoms with Crippen molar-refractivity contribution in [2.75, 3.05) is 0 Å². The third-order valence-corrected chi connectivity index (χ3v) is 2.45. The summed E-state index contributed by atoms with van der Waals surface area (Å²) in [6, 6.07) is 6.00. The summed E-state index contributed by atoms with van der Waals surface area (Å²) in [5.74, 6) is 0. The predicted octanol–water partition coefficient (Wildman–Crippen LogP) is 1.69. The van der Waals surface area contributed by atoms with Crippen molar-refractivity contribution in [3.05, 3.63) is 34.8 Å². The molecule has 72 valence electrons. The van der Waals surface area contributed by atoms with Gasteiger partial charge in [-0.1, -0.05) is 0 Å². The van der Waals surface area contributed by atoms with Crippen LogP contribution in [0.4, 0.5) is 0 Å². The summed E-state index contributed by atoms with van der Waals surface area (Å²) < 4.78 is 1.70. The molecule has 0 amide bonds. The molecule has 2 rings (SSSR count). The van der Waals surface area contributed by atoms with Gasteiger partial charge in [-0.25, -0.2) is 4.98 Å². The van der Waals surface area contributed by atoms with Crippen molar-refractivity contribution >= 4 is 5.65 Å². The van der Waals surface area contributed by atoms with E-state index in [2.05, 4.69) is 17.1 Å². The van der Waals surface area contributed by atoms with E-state index < -0.39 is 0 Å². The number of rotatable bonds is 0. The van der Waals surface area contributed by atoms with Gasteiger partial charge in [0.25, 0.3) is 0 Å². The third kappa shape index (κ3) is 1.16. The maximum absolute atomic E-state index is 8.99. The Bertz CT molecular complexity index is 623. The highest BCUT2D eigenvalue weighted by atomic mass is 15.0. The highest BCUT2D eigenvalue weighted by Gasteiger charge is 2.10. The van der Waals surface area contributed by atoms with Crippen molar-refractivity contribution in [1.29, 1.82) is 10.5 Å². The molecule has 2 aromatic rings. The van der Waals surface area contributed by atoms with Gasteiger partial charge in [0.1, 0.15) is 23.5 Å². The van der Waals surface area contributed by atoms with Crippen LogP contribution in [0.3, 0.4) is 0 Å². The normalized spacial score (nSPS) is 9.87. The van der Waals surface area contributed by atoms with E-state index >= 15 is 0 Å². The number of fused-ring (bicyclic) bond motifs is 1. The lowest BCUT2D eigenvalue weighted by molar-refractivity contribution is 1.05. The molecule has 0 bridgehead atoms. The van der Waals surface area contributed by atoms with Gasteiger partial charge in [-0.2, -0.15) is 10.5 Å². The van der Waals surface area contributed by atoms with Gasteiger partial charge >= 0.3 is 0 Å². The first-order valence-electron chi connectivity index (χ1n) is 4.47. The van der Waals surface area contributed by atoms with E-state index in [1.54, 1.807) is 4.40 Å². The predicted molar refractivity (Wildman–Crippen MR) is 54.1 cm³/mol. The van der Waals surface area contributed by atoms with Crippen LogP contribution >= 0.6 is 0 Å². The molecule has 15 heavy (non-hydrogen) atoms. The Hall–Kier alpha value is -2.33. The van der Waals surface area contributed by atoms with E-state index in [-0.39, 0.29) is 0 Å². The summed E-state index contributed by atoms with van der Waals surface area (Å²) in [4.78, 5) is 4.12. The molecule has 0 aliphatic carbocycles. The molecule has 0 fully saturated rings. The molecular formula is C11H8N4. The molecular weight excluding hydrogens is 188 g/mol. The molecule has 0 spiro atoms. The van der Waals surface area contributed by atoms with Crippen LogP contribution in [0.25, 0.3) is 5.65 Å². The van der Waals surface area contributed by atoms with Crippen molar-refractivity contribution in [2.24, 2.45) is 0 Å². The molecule has 0 aliphatic rings. The fourth-order valence-electron chi connectivity index (χ4n) is 1.73. The van der Waals surface area contributed by atoms with Crippen LogP contribution in [0.2, 0.25) is 0 Å². The Morgan fingerprint density at radius 1 is 1.27 bits per heavy atom. The van der Waals surface area contributed by atoms with Crippen molar-refractivity contribution in [3.8, 4) is 12.1 Å². The number of nitrogens with zero attached hydrogens (tertiary/aromatic N) is 4. The molecule has 0 saturated heterocycles.